The Bertz CT molecular complexity index is 333. The smallest absolute Gasteiger partial charge is 0.383 e. The van der Waals surface area contributed by atoms with E-state index in [9.17, 15) is 13.2 Å². The molecule has 15 heavy (non-hydrogen) atoms. The lowest BCUT2D eigenvalue weighted by Gasteiger charge is -2.14. The Balaban J connectivity index is 2.03. The summed E-state index contributed by atoms with van der Waals surface area (Å²) in [6, 6.07) is 9.01. The topological polar surface area (TPSA) is 20.2 Å². The highest BCUT2D eigenvalue weighted by molar-refractivity contribution is 5.26. The summed E-state index contributed by atoms with van der Waals surface area (Å²) in [7, 11) is 0. The number of halogens is 3. The minimum atomic E-state index is -4.49. The molecule has 0 aliphatic heterocycles. The molecule has 0 heterocycles. The van der Waals surface area contributed by atoms with Crippen molar-refractivity contribution in [3.63, 3.8) is 0 Å². The van der Waals surface area contributed by atoms with Gasteiger partial charge in [-0.15, -0.1) is 0 Å². The maximum absolute atomic E-state index is 12.2. The lowest BCUT2D eigenvalue weighted by atomic mass is 10.1. The quantitative estimate of drug-likeness (QED) is 0.805. The summed E-state index contributed by atoms with van der Waals surface area (Å²) >= 11 is 0. The van der Waals surface area contributed by atoms with E-state index in [4.69, 9.17) is 5.11 Å². The third-order valence-corrected chi connectivity index (χ3v) is 2.81. The van der Waals surface area contributed by atoms with Gasteiger partial charge in [0, 0.05) is 5.92 Å². The van der Waals surface area contributed by atoms with Crippen LogP contribution in [-0.2, 0) is 0 Å². The second-order valence-corrected chi connectivity index (χ2v) is 3.90. The van der Waals surface area contributed by atoms with Gasteiger partial charge in [-0.25, -0.2) is 0 Å². The third-order valence-electron chi connectivity index (χ3n) is 2.81. The van der Waals surface area contributed by atoms with Gasteiger partial charge in [-0.1, -0.05) is 30.3 Å². The largest absolute Gasteiger partial charge is 0.414 e. The van der Waals surface area contributed by atoms with Gasteiger partial charge in [0.15, 0.2) is 6.10 Å². The minimum Gasteiger partial charge on any atom is -0.383 e. The molecule has 3 atom stereocenters. The predicted molar refractivity (Wildman–Crippen MR) is 49.4 cm³/mol. The maximum Gasteiger partial charge on any atom is 0.414 e. The van der Waals surface area contributed by atoms with E-state index in [0.29, 0.717) is 6.42 Å². The van der Waals surface area contributed by atoms with Crippen molar-refractivity contribution in [1.82, 2.24) is 0 Å². The van der Waals surface area contributed by atoms with E-state index in [1.54, 1.807) is 24.3 Å². The van der Waals surface area contributed by atoms with E-state index < -0.39 is 18.2 Å². The Kier molecular flexibility index (Phi) is 2.46. The van der Waals surface area contributed by atoms with Gasteiger partial charge in [0.25, 0.3) is 0 Å². The van der Waals surface area contributed by atoms with Gasteiger partial charge in [0.05, 0.1) is 0 Å². The van der Waals surface area contributed by atoms with E-state index in [0.717, 1.165) is 5.56 Å². The first-order chi connectivity index (χ1) is 7.00. The normalized spacial score (nSPS) is 27.5. The van der Waals surface area contributed by atoms with Gasteiger partial charge in [-0.3, -0.25) is 0 Å². The van der Waals surface area contributed by atoms with Gasteiger partial charge in [-0.05, 0) is 17.9 Å². The highest BCUT2D eigenvalue weighted by Gasteiger charge is 2.54. The molecule has 2 unspecified atom stereocenters. The summed E-state index contributed by atoms with van der Waals surface area (Å²) in [6.07, 6.45) is -6.25. The average Bonchev–Trinajstić information content (AvgIpc) is 2.96. The molecular weight excluding hydrogens is 205 g/mol. The van der Waals surface area contributed by atoms with Crippen LogP contribution in [0.15, 0.2) is 30.3 Å². The van der Waals surface area contributed by atoms with Crippen molar-refractivity contribution in [2.45, 2.75) is 24.6 Å². The monoisotopic (exact) mass is 216 g/mol. The van der Waals surface area contributed by atoms with E-state index in [1.807, 2.05) is 6.07 Å². The van der Waals surface area contributed by atoms with Crippen LogP contribution >= 0.6 is 0 Å². The van der Waals surface area contributed by atoms with Crippen LogP contribution in [-0.4, -0.2) is 17.4 Å². The Morgan fingerprint density at radius 2 is 1.80 bits per heavy atom. The van der Waals surface area contributed by atoms with Crippen LogP contribution in [0.25, 0.3) is 0 Å². The summed E-state index contributed by atoms with van der Waals surface area (Å²) in [5.41, 5.74) is 0.880. The fourth-order valence-corrected chi connectivity index (χ4v) is 1.89. The maximum atomic E-state index is 12.2. The molecule has 1 fully saturated rings. The summed E-state index contributed by atoms with van der Waals surface area (Å²) in [4.78, 5) is 0. The molecular formula is C11H11F3O. The standard InChI is InChI=1S/C11H11F3O/c12-11(13,14)10(15)9-6-8(9)7-4-2-1-3-5-7/h1-5,8-10,15H,6H2/t8?,9?,10-/m0/s1. The molecule has 1 N–H and O–H groups in total. The molecule has 0 radical (unpaired) electrons. The third kappa shape index (κ3) is 2.15. The Labute approximate surface area is 85.5 Å². The van der Waals surface area contributed by atoms with Gasteiger partial charge in [-0.2, -0.15) is 13.2 Å². The lowest BCUT2D eigenvalue weighted by Crippen LogP contribution is -2.30. The number of hydrogen-bond acceptors (Lipinski definition) is 1. The van der Waals surface area contributed by atoms with Crippen molar-refractivity contribution in [3.05, 3.63) is 35.9 Å². The van der Waals surface area contributed by atoms with E-state index in [1.165, 1.54) is 0 Å². The molecule has 0 spiro atoms. The molecule has 0 bridgehead atoms. The summed E-state index contributed by atoms with van der Waals surface area (Å²) < 4.78 is 36.5. The SMILES string of the molecule is O[C@@H](C1CC1c1ccccc1)C(F)(F)F. The zero-order chi connectivity index (χ0) is 11.1. The summed E-state index contributed by atoms with van der Waals surface area (Å²) in [6.45, 7) is 0. The Morgan fingerprint density at radius 1 is 1.20 bits per heavy atom. The molecule has 1 aliphatic rings. The molecule has 1 nitrogen and oxygen atoms in total. The molecule has 4 heteroatoms. The fourth-order valence-electron chi connectivity index (χ4n) is 1.89. The van der Waals surface area contributed by atoms with Crippen molar-refractivity contribution in [2.75, 3.05) is 0 Å². The van der Waals surface area contributed by atoms with Crippen molar-refractivity contribution < 1.29 is 18.3 Å². The van der Waals surface area contributed by atoms with Crippen molar-refractivity contribution in [1.29, 1.82) is 0 Å². The van der Waals surface area contributed by atoms with E-state index >= 15 is 0 Å². The lowest BCUT2D eigenvalue weighted by molar-refractivity contribution is -0.210. The molecule has 2 rings (SSSR count). The van der Waals surface area contributed by atoms with E-state index in [2.05, 4.69) is 0 Å². The van der Waals surface area contributed by atoms with Crippen molar-refractivity contribution >= 4 is 0 Å². The van der Waals surface area contributed by atoms with Crippen LogP contribution in [0.1, 0.15) is 17.9 Å². The predicted octanol–water partition coefficient (Wildman–Crippen LogP) is 2.71. The van der Waals surface area contributed by atoms with Gasteiger partial charge in [0.2, 0.25) is 0 Å². The van der Waals surface area contributed by atoms with Gasteiger partial charge < -0.3 is 5.11 Å². The Hall–Kier alpha value is -1.03. The van der Waals surface area contributed by atoms with Crippen LogP contribution < -0.4 is 0 Å². The van der Waals surface area contributed by atoms with Crippen molar-refractivity contribution in [2.24, 2.45) is 5.92 Å². The molecule has 0 amide bonds. The number of rotatable bonds is 2. The summed E-state index contributed by atoms with van der Waals surface area (Å²) in [5.74, 6) is -0.796. The first-order valence-electron chi connectivity index (χ1n) is 4.80. The zero-order valence-electron chi connectivity index (χ0n) is 7.91. The molecule has 82 valence electrons. The molecule has 1 saturated carbocycles. The molecule has 1 aliphatic carbocycles. The molecule has 0 aromatic heterocycles. The minimum absolute atomic E-state index is 0.136. The van der Waals surface area contributed by atoms with Gasteiger partial charge >= 0.3 is 6.18 Å². The second-order valence-electron chi connectivity index (χ2n) is 3.90. The molecule has 1 aromatic rings. The van der Waals surface area contributed by atoms with Gasteiger partial charge in [0.1, 0.15) is 0 Å². The van der Waals surface area contributed by atoms with Crippen LogP contribution in [0.3, 0.4) is 0 Å². The number of aliphatic hydroxyl groups excluding tert-OH is 1. The van der Waals surface area contributed by atoms with Crippen LogP contribution in [0.4, 0.5) is 13.2 Å². The van der Waals surface area contributed by atoms with Crippen LogP contribution in [0.5, 0.6) is 0 Å². The molecule has 0 saturated heterocycles. The Morgan fingerprint density at radius 3 is 2.33 bits per heavy atom. The number of aliphatic hydroxyl groups is 1. The fraction of sp³-hybridized carbons (Fsp3) is 0.455. The first kappa shape index (κ1) is 10.5. The van der Waals surface area contributed by atoms with E-state index in [-0.39, 0.29) is 5.92 Å². The summed E-state index contributed by atoms with van der Waals surface area (Å²) in [5, 5.41) is 9.03. The number of hydrogen-bond donors (Lipinski definition) is 1. The highest BCUT2D eigenvalue weighted by Crippen LogP contribution is 2.52. The number of benzene rings is 1. The number of alkyl halides is 3. The van der Waals surface area contributed by atoms with Crippen LogP contribution in [0, 0.1) is 5.92 Å². The second kappa shape index (κ2) is 3.52. The molecule has 1 aromatic carbocycles. The highest BCUT2D eigenvalue weighted by atomic mass is 19.4. The van der Waals surface area contributed by atoms with Crippen LogP contribution in [0.2, 0.25) is 0 Å². The first-order valence-corrected chi connectivity index (χ1v) is 4.80. The van der Waals surface area contributed by atoms with Crippen molar-refractivity contribution in [3.8, 4) is 0 Å². The zero-order valence-corrected chi connectivity index (χ0v) is 7.91. The average molecular weight is 216 g/mol.